The van der Waals surface area contributed by atoms with Gasteiger partial charge in [0.05, 0.1) is 6.10 Å². The van der Waals surface area contributed by atoms with Gasteiger partial charge in [0.2, 0.25) is 0 Å². The molecule has 2 aromatic carbocycles. The van der Waals surface area contributed by atoms with Gasteiger partial charge in [-0.3, -0.25) is 14.8 Å². The van der Waals surface area contributed by atoms with Crippen molar-refractivity contribution in [2.75, 3.05) is 6.54 Å². The molecule has 2 amide bonds. The van der Waals surface area contributed by atoms with Gasteiger partial charge < -0.3 is 15.7 Å². The summed E-state index contributed by atoms with van der Waals surface area (Å²) in [5.74, 6) is 4.68. The Hall–Kier alpha value is -3.18. The summed E-state index contributed by atoms with van der Waals surface area (Å²) >= 11 is 0. The molecule has 0 aliphatic rings. The number of nitrogens with one attached hydrogen (secondary N) is 3. The van der Waals surface area contributed by atoms with E-state index in [2.05, 4.69) is 29.4 Å². The van der Waals surface area contributed by atoms with Crippen molar-refractivity contribution >= 4 is 11.8 Å². The van der Waals surface area contributed by atoms with E-state index < -0.39 is 24.0 Å². The maximum Gasteiger partial charge on any atom is 0.268 e. The molecule has 0 bridgehead atoms. The molecule has 7 nitrogen and oxygen atoms in total. The molecular weight excluding hydrogens is 382 g/mol. The van der Waals surface area contributed by atoms with Crippen LogP contribution in [-0.4, -0.2) is 40.8 Å². The number of hydroxylamine groups is 1. The number of carbonyl (C=O) groups excluding carboxylic acids is 2. The summed E-state index contributed by atoms with van der Waals surface area (Å²) in [6, 6.07) is 13.3. The Morgan fingerprint density at radius 2 is 1.53 bits per heavy atom. The molecule has 0 saturated carbocycles. The monoisotopic (exact) mass is 411 g/mol. The van der Waals surface area contributed by atoms with Crippen LogP contribution in [0.3, 0.4) is 0 Å². The minimum Gasteiger partial charge on any atom is -0.391 e. The van der Waals surface area contributed by atoms with Crippen molar-refractivity contribution in [1.82, 2.24) is 16.1 Å². The predicted octanol–water partition coefficient (Wildman–Crippen LogP) is 1.82. The Balaban J connectivity index is 0.00000450. The number of carbonyl (C=O) groups is 2. The molecule has 2 rings (SSSR count). The van der Waals surface area contributed by atoms with Gasteiger partial charge >= 0.3 is 0 Å². The van der Waals surface area contributed by atoms with Gasteiger partial charge in [0.15, 0.2) is 0 Å². The second-order valence-corrected chi connectivity index (χ2v) is 6.47. The van der Waals surface area contributed by atoms with Crippen LogP contribution in [0.4, 0.5) is 0 Å². The minimum atomic E-state index is -1.26. The number of amides is 2. The first-order chi connectivity index (χ1) is 13.9. The van der Waals surface area contributed by atoms with Crippen molar-refractivity contribution in [2.45, 2.75) is 40.0 Å². The maximum absolute atomic E-state index is 12.3. The van der Waals surface area contributed by atoms with Gasteiger partial charge in [0, 0.05) is 23.2 Å². The average molecular weight is 412 g/mol. The van der Waals surface area contributed by atoms with Crippen LogP contribution in [0.2, 0.25) is 0 Å². The van der Waals surface area contributed by atoms with E-state index in [0.717, 1.165) is 24.2 Å². The average Bonchev–Trinajstić information content (AvgIpc) is 2.74. The van der Waals surface area contributed by atoms with E-state index in [0.29, 0.717) is 5.56 Å². The molecular formula is C23H29N3O4. The molecule has 30 heavy (non-hydrogen) atoms. The molecule has 0 heterocycles. The molecule has 0 aliphatic carbocycles. The van der Waals surface area contributed by atoms with E-state index in [1.54, 1.807) is 24.3 Å². The van der Waals surface area contributed by atoms with E-state index in [1.165, 1.54) is 18.0 Å². The van der Waals surface area contributed by atoms with Crippen LogP contribution in [0.15, 0.2) is 48.5 Å². The highest BCUT2D eigenvalue weighted by Gasteiger charge is 2.25. The third kappa shape index (κ3) is 7.33. The summed E-state index contributed by atoms with van der Waals surface area (Å²) < 4.78 is 0. The fraction of sp³-hybridized carbons (Fsp3) is 0.304. The van der Waals surface area contributed by atoms with Crippen molar-refractivity contribution in [2.24, 2.45) is 0 Å². The zero-order chi connectivity index (χ0) is 21.2. The van der Waals surface area contributed by atoms with Crippen molar-refractivity contribution in [3.63, 3.8) is 0 Å². The van der Waals surface area contributed by atoms with E-state index in [1.807, 2.05) is 24.3 Å². The minimum absolute atomic E-state index is 0. The lowest BCUT2D eigenvalue weighted by atomic mass is 10.1. The number of aliphatic hydroxyl groups excluding tert-OH is 1. The molecule has 0 spiro atoms. The first kappa shape index (κ1) is 24.9. The topological polar surface area (TPSA) is 111 Å². The highest BCUT2D eigenvalue weighted by Crippen LogP contribution is 2.07. The first-order valence-corrected chi connectivity index (χ1v) is 9.29. The Morgan fingerprint density at radius 3 is 2.00 bits per heavy atom. The molecule has 160 valence electrons. The van der Waals surface area contributed by atoms with E-state index >= 15 is 0 Å². The van der Waals surface area contributed by atoms with E-state index in [-0.39, 0.29) is 7.43 Å². The van der Waals surface area contributed by atoms with Crippen molar-refractivity contribution in [1.29, 1.82) is 0 Å². The van der Waals surface area contributed by atoms with Gasteiger partial charge in [-0.2, -0.15) is 0 Å². The van der Waals surface area contributed by atoms with Crippen LogP contribution < -0.4 is 16.1 Å². The highest BCUT2D eigenvalue weighted by molar-refractivity contribution is 5.97. The van der Waals surface area contributed by atoms with Gasteiger partial charge in [0.25, 0.3) is 11.8 Å². The zero-order valence-electron chi connectivity index (χ0n) is 16.4. The molecule has 5 N–H and O–H groups in total. The lowest BCUT2D eigenvalue weighted by Crippen LogP contribution is -2.51. The van der Waals surface area contributed by atoms with Gasteiger partial charge in [-0.05, 0) is 55.4 Å². The smallest absolute Gasteiger partial charge is 0.268 e. The van der Waals surface area contributed by atoms with Gasteiger partial charge in [-0.15, -0.1) is 0 Å². The number of hydrogen-bond donors (Lipinski definition) is 5. The largest absolute Gasteiger partial charge is 0.391 e. The first-order valence-electron chi connectivity index (χ1n) is 9.29. The normalized spacial score (nSPS) is 11.9. The fourth-order valence-electron chi connectivity index (χ4n) is 2.52. The lowest BCUT2D eigenvalue weighted by Gasteiger charge is -2.19. The molecule has 0 aliphatic heterocycles. The Morgan fingerprint density at radius 1 is 1.00 bits per heavy atom. The van der Waals surface area contributed by atoms with E-state index in [4.69, 9.17) is 5.21 Å². The standard InChI is InChI=1S/C22H25N3O4.CH4/c1-3-23-14-18-8-6-16(7-9-18)4-5-17-10-12-19(13-11-17)21(27)24-20(15(2)26)22(28)25-29;/h6-13,15,20,23,26,29H,3,14H2,1-2H3,(H,24,27)(H,25,28);1H4/t15-,20+;/m1./s1. The third-order valence-electron chi connectivity index (χ3n) is 4.19. The van der Waals surface area contributed by atoms with Crippen LogP contribution in [0.25, 0.3) is 0 Å². The van der Waals surface area contributed by atoms with Crippen LogP contribution in [0.5, 0.6) is 0 Å². The summed E-state index contributed by atoms with van der Waals surface area (Å²) in [6.07, 6.45) is -1.17. The van der Waals surface area contributed by atoms with Crippen molar-refractivity contribution < 1.29 is 19.9 Å². The quantitative estimate of drug-likeness (QED) is 0.271. The molecule has 0 radical (unpaired) electrons. The summed E-state index contributed by atoms with van der Waals surface area (Å²) in [5.41, 5.74) is 4.55. The lowest BCUT2D eigenvalue weighted by molar-refractivity contribution is -0.133. The second kappa shape index (κ2) is 12.4. The second-order valence-electron chi connectivity index (χ2n) is 6.47. The molecule has 2 aromatic rings. The van der Waals surface area contributed by atoms with Crippen LogP contribution in [0, 0.1) is 11.8 Å². The molecule has 0 aromatic heterocycles. The molecule has 7 heteroatoms. The highest BCUT2D eigenvalue weighted by atomic mass is 16.5. The number of hydrogen-bond acceptors (Lipinski definition) is 5. The van der Waals surface area contributed by atoms with Crippen molar-refractivity contribution in [3.8, 4) is 11.8 Å². The van der Waals surface area contributed by atoms with Gasteiger partial charge in [-0.25, -0.2) is 5.48 Å². The van der Waals surface area contributed by atoms with Crippen LogP contribution in [-0.2, 0) is 11.3 Å². The predicted molar refractivity (Wildman–Crippen MR) is 116 cm³/mol. The number of aliphatic hydroxyl groups is 1. The zero-order valence-corrected chi connectivity index (χ0v) is 16.4. The Bertz CT molecular complexity index is 881. The van der Waals surface area contributed by atoms with Crippen LogP contribution in [0.1, 0.15) is 48.3 Å². The van der Waals surface area contributed by atoms with Gasteiger partial charge in [0.1, 0.15) is 6.04 Å². The van der Waals surface area contributed by atoms with E-state index in [9.17, 15) is 14.7 Å². The Labute approximate surface area is 177 Å². The van der Waals surface area contributed by atoms with Crippen LogP contribution >= 0.6 is 0 Å². The van der Waals surface area contributed by atoms with Crippen molar-refractivity contribution in [3.05, 3.63) is 70.8 Å². The molecule has 0 saturated heterocycles. The van der Waals surface area contributed by atoms with Gasteiger partial charge in [-0.1, -0.05) is 38.3 Å². The SMILES string of the molecule is C.CCNCc1ccc(C#Cc2ccc(C(=O)N[C@H](C(=O)NO)[C@@H](C)O)cc2)cc1. The summed E-state index contributed by atoms with van der Waals surface area (Å²) in [7, 11) is 0. The fourth-order valence-corrected chi connectivity index (χ4v) is 2.52. The summed E-state index contributed by atoms with van der Waals surface area (Å²) in [6.45, 7) is 5.14. The molecule has 0 unspecified atom stereocenters. The molecule has 0 fully saturated rings. The number of benzene rings is 2. The molecule has 2 atom stereocenters. The summed E-state index contributed by atoms with van der Waals surface area (Å²) in [5, 5.41) is 23.9. The third-order valence-corrected chi connectivity index (χ3v) is 4.19. The Kier molecular flexibility index (Phi) is 10.3. The maximum atomic E-state index is 12.3. The number of rotatable bonds is 7. The summed E-state index contributed by atoms with van der Waals surface area (Å²) in [4.78, 5) is 23.8.